The number of thiophene rings is 1. The molecule has 0 spiro atoms. The van der Waals surface area contributed by atoms with Crippen LogP contribution in [0.1, 0.15) is 55.6 Å². The molecule has 1 amide bonds. The normalized spacial score (nSPS) is 11.0. The Morgan fingerprint density at radius 1 is 1.11 bits per heavy atom. The molecule has 0 atom stereocenters. The zero-order valence-corrected chi connectivity index (χ0v) is 20.7. The minimum absolute atomic E-state index is 0.0880. The Morgan fingerprint density at radius 2 is 1.83 bits per heavy atom. The molecule has 0 bridgehead atoms. The molecule has 1 N–H and O–H groups in total. The molecule has 0 aliphatic carbocycles. The van der Waals surface area contributed by atoms with Gasteiger partial charge in [-0.2, -0.15) is 10.2 Å². The van der Waals surface area contributed by atoms with Crippen LogP contribution in [0.2, 0.25) is 0 Å². The molecule has 0 unspecified atom stereocenters. The Morgan fingerprint density at radius 3 is 2.49 bits per heavy atom. The first-order valence-electron chi connectivity index (χ1n) is 10.9. The van der Waals surface area contributed by atoms with Crippen molar-refractivity contribution < 1.29 is 23.9 Å². The number of hydrogen-bond acceptors (Lipinski definition) is 9. The Balaban J connectivity index is 1.72. The Kier molecular flexibility index (Phi) is 6.65. The highest BCUT2D eigenvalue weighted by molar-refractivity contribution is 7.18. The van der Waals surface area contributed by atoms with E-state index in [1.54, 1.807) is 54.5 Å². The summed E-state index contributed by atoms with van der Waals surface area (Å²) in [5, 5.41) is 11.6. The maximum absolute atomic E-state index is 13.2. The summed E-state index contributed by atoms with van der Waals surface area (Å²) in [5.74, 6) is -1.78. The first kappa shape index (κ1) is 24.1. The van der Waals surface area contributed by atoms with Gasteiger partial charge in [-0.1, -0.05) is 0 Å². The molecule has 11 nitrogen and oxygen atoms in total. The van der Waals surface area contributed by atoms with Crippen LogP contribution in [0, 0.1) is 13.8 Å². The molecule has 182 valence electrons. The number of carbonyl (C=O) groups is 3. The Labute approximate surface area is 204 Å². The topological polar surface area (TPSA) is 130 Å². The zero-order valence-electron chi connectivity index (χ0n) is 19.9. The minimum Gasteiger partial charge on any atom is -0.462 e. The second-order valence-electron chi connectivity index (χ2n) is 7.55. The monoisotopic (exact) mass is 496 g/mol. The predicted octanol–water partition coefficient (Wildman–Crippen LogP) is 3.41. The van der Waals surface area contributed by atoms with Crippen LogP contribution in [0.15, 0.2) is 24.5 Å². The second kappa shape index (κ2) is 9.66. The van der Waals surface area contributed by atoms with Crippen LogP contribution in [0.3, 0.4) is 0 Å². The lowest BCUT2D eigenvalue weighted by molar-refractivity contribution is 0.0527. The van der Waals surface area contributed by atoms with Gasteiger partial charge in [0, 0.05) is 30.6 Å². The standard InChI is InChI=1S/C23H24N6O5S/c1-6-33-22(31)18-12(3)19(23(32)34-7-2)35-21(18)26-20(30)15-10-17-24-9-8-16(29(17)27-15)14-11-25-28(5)13(14)4/h8-11H,6-7H2,1-5H3,(H,26,30). The molecule has 4 aromatic heterocycles. The summed E-state index contributed by atoms with van der Waals surface area (Å²) in [6.45, 7) is 7.24. The van der Waals surface area contributed by atoms with Gasteiger partial charge >= 0.3 is 11.9 Å². The number of esters is 2. The lowest BCUT2D eigenvalue weighted by Gasteiger charge is -2.06. The summed E-state index contributed by atoms with van der Waals surface area (Å²) in [6.07, 6.45) is 3.36. The lowest BCUT2D eigenvalue weighted by atomic mass is 10.1. The third-order valence-electron chi connectivity index (χ3n) is 5.42. The highest BCUT2D eigenvalue weighted by Gasteiger charge is 2.28. The van der Waals surface area contributed by atoms with Crippen LogP contribution in [-0.4, -0.2) is 55.4 Å². The predicted molar refractivity (Wildman–Crippen MR) is 129 cm³/mol. The molecule has 0 fully saturated rings. The summed E-state index contributed by atoms with van der Waals surface area (Å²) < 4.78 is 13.5. The molecule has 4 rings (SSSR count). The number of fused-ring (bicyclic) bond motifs is 1. The Bertz CT molecular complexity index is 1450. The molecular weight excluding hydrogens is 472 g/mol. The van der Waals surface area contributed by atoms with E-state index in [2.05, 4.69) is 20.5 Å². The molecule has 4 heterocycles. The van der Waals surface area contributed by atoms with Gasteiger partial charge < -0.3 is 14.8 Å². The summed E-state index contributed by atoms with van der Waals surface area (Å²) >= 11 is 0.954. The molecule has 0 radical (unpaired) electrons. The van der Waals surface area contributed by atoms with Gasteiger partial charge in [0.1, 0.15) is 9.88 Å². The summed E-state index contributed by atoms with van der Waals surface area (Å²) in [4.78, 5) is 42.7. The quantitative estimate of drug-likeness (QED) is 0.385. The number of nitrogens with zero attached hydrogens (tertiary/aromatic N) is 5. The fourth-order valence-electron chi connectivity index (χ4n) is 3.57. The second-order valence-corrected chi connectivity index (χ2v) is 8.57. The molecule has 35 heavy (non-hydrogen) atoms. The molecule has 0 aliphatic heterocycles. The molecule has 0 aliphatic rings. The first-order valence-corrected chi connectivity index (χ1v) is 11.7. The third kappa shape index (κ3) is 4.39. The minimum atomic E-state index is -0.641. The zero-order chi connectivity index (χ0) is 25.3. The van der Waals surface area contributed by atoms with Crippen molar-refractivity contribution in [3.05, 3.63) is 51.9 Å². The van der Waals surface area contributed by atoms with Crippen molar-refractivity contribution in [2.45, 2.75) is 27.7 Å². The third-order valence-corrected chi connectivity index (χ3v) is 6.60. The SMILES string of the molecule is CCOC(=O)c1sc(NC(=O)c2cc3nccc(-c4cnn(C)c4C)n3n2)c(C(=O)OCC)c1C. The van der Waals surface area contributed by atoms with E-state index in [1.807, 2.05) is 14.0 Å². The number of amides is 1. The highest BCUT2D eigenvalue weighted by atomic mass is 32.1. The fourth-order valence-corrected chi connectivity index (χ4v) is 4.65. The fraction of sp³-hybridized carbons (Fsp3) is 0.304. The van der Waals surface area contributed by atoms with Gasteiger partial charge in [-0.15, -0.1) is 11.3 Å². The van der Waals surface area contributed by atoms with Crippen molar-refractivity contribution >= 4 is 39.8 Å². The molecule has 0 aromatic carbocycles. The lowest BCUT2D eigenvalue weighted by Crippen LogP contribution is -2.15. The molecule has 4 aromatic rings. The molecule has 0 saturated carbocycles. The number of aromatic nitrogens is 5. The number of carbonyl (C=O) groups excluding carboxylic acids is 3. The van der Waals surface area contributed by atoms with Crippen molar-refractivity contribution in [1.29, 1.82) is 0 Å². The van der Waals surface area contributed by atoms with Gasteiger partial charge in [-0.05, 0) is 39.3 Å². The van der Waals surface area contributed by atoms with Crippen LogP contribution in [-0.2, 0) is 16.5 Å². The average molecular weight is 497 g/mol. The van der Waals surface area contributed by atoms with Gasteiger partial charge in [0.15, 0.2) is 11.3 Å². The van der Waals surface area contributed by atoms with Crippen LogP contribution in [0.25, 0.3) is 16.9 Å². The number of aryl methyl sites for hydroxylation is 1. The largest absolute Gasteiger partial charge is 0.462 e. The number of ether oxygens (including phenoxy) is 2. The van der Waals surface area contributed by atoms with E-state index in [4.69, 9.17) is 9.47 Å². The van der Waals surface area contributed by atoms with Crippen LogP contribution in [0.4, 0.5) is 5.00 Å². The van der Waals surface area contributed by atoms with Crippen molar-refractivity contribution in [1.82, 2.24) is 24.4 Å². The van der Waals surface area contributed by atoms with Gasteiger partial charge in [0.2, 0.25) is 0 Å². The first-order chi connectivity index (χ1) is 16.8. The number of hydrogen-bond donors (Lipinski definition) is 1. The van der Waals surface area contributed by atoms with Crippen molar-refractivity contribution in [3.8, 4) is 11.3 Å². The molecule has 12 heteroatoms. The van der Waals surface area contributed by atoms with Gasteiger partial charge in [-0.3, -0.25) is 9.48 Å². The van der Waals surface area contributed by atoms with Crippen LogP contribution in [0.5, 0.6) is 0 Å². The number of rotatable bonds is 7. The summed E-state index contributed by atoms with van der Waals surface area (Å²) in [7, 11) is 1.84. The molecular formula is C23H24N6O5S. The van der Waals surface area contributed by atoms with E-state index in [0.717, 1.165) is 28.3 Å². The smallest absolute Gasteiger partial charge is 0.348 e. The van der Waals surface area contributed by atoms with Gasteiger partial charge in [0.05, 0.1) is 30.7 Å². The van der Waals surface area contributed by atoms with E-state index in [-0.39, 0.29) is 34.3 Å². The van der Waals surface area contributed by atoms with E-state index in [1.165, 1.54) is 0 Å². The number of nitrogens with one attached hydrogen (secondary N) is 1. The van der Waals surface area contributed by atoms with Crippen molar-refractivity contribution in [2.75, 3.05) is 18.5 Å². The van der Waals surface area contributed by atoms with Crippen molar-refractivity contribution in [2.24, 2.45) is 7.05 Å². The van der Waals surface area contributed by atoms with E-state index < -0.39 is 17.8 Å². The maximum Gasteiger partial charge on any atom is 0.348 e. The van der Waals surface area contributed by atoms with Crippen LogP contribution < -0.4 is 5.32 Å². The maximum atomic E-state index is 13.2. The highest BCUT2D eigenvalue weighted by Crippen LogP contribution is 2.34. The van der Waals surface area contributed by atoms with Crippen molar-refractivity contribution in [3.63, 3.8) is 0 Å². The van der Waals surface area contributed by atoms with Gasteiger partial charge in [0.25, 0.3) is 5.91 Å². The summed E-state index contributed by atoms with van der Waals surface area (Å²) in [5.41, 5.74) is 3.56. The average Bonchev–Trinajstić information content (AvgIpc) is 3.50. The number of anilines is 1. The molecule has 0 saturated heterocycles. The van der Waals surface area contributed by atoms with Gasteiger partial charge in [-0.25, -0.2) is 19.1 Å². The Hall–Kier alpha value is -4.06. The van der Waals surface area contributed by atoms with E-state index in [9.17, 15) is 14.4 Å². The van der Waals surface area contributed by atoms with E-state index >= 15 is 0 Å². The van der Waals surface area contributed by atoms with E-state index in [0.29, 0.717) is 11.2 Å². The van der Waals surface area contributed by atoms with Crippen LogP contribution >= 0.6 is 11.3 Å². The summed E-state index contributed by atoms with van der Waals surface area (Å²) in [6, 6.07) is 3.33.